The highest BCUT2D eigenvalue weighted by molar-refractivity contribution is 5.81. The molecule has 9 nitrogen and oxygen atoms in total. The summed E-state index contributed by atoms with van der Waals surface area (Å²) in [6.07, 6.45) is -13.0. The third-order valence-corrected chi connectivity index (χ3v) is 4.86. The first-order valence-corrected chi connectivity index (χ1v) is 9.54. The number of alkyl halides is 6. The lowest BCUT2D eigenvalue weighted by molar-refractivity contribution is -0.386. The molecule has 0 aromatic heterocycles. The highest BCUT2D eigenvalue weighted by Gasteiger charge is 2.51. The Bertz CT molecular complexity index is 1180. The molecule has 0 bridgehead atoms. The van der Waals surface area contributed by atoms with Gasteiger partial charge in [0.2, 0.25) is 6.23 Å². The summed E-state index contributed by atoms with van der Waals surface area (Å²) in [5.41, 5.74) is -3.06. The maximum Gasteiger partial charge on any atom is 0.433 e. The van der Waals surface area contributed by atoms with Gasteiger partial charge in [0.25, 0.3) is 0 Å². The maximum atomic E-state index is 13.6. The third-order valence-electron chi connectivity index (χ3n) is 4.86. The molecule has 0 aliphatic carbocycles. The van der Waals surface area contributed by atoms with Gasteiger partial charge in [-0.15, -0.1) is 0 Å². The quantitative estimate of drug-likeness (QED) is 0.203. The molecule has 1 aliphatic rings. The lowest BCUT2D eigenvalue weighted by Crippen LogP contribution is -2.42. The van der Waals surface area contributed by atoms with E-state index in [2.05, 4.69) is 5.16 Å². The van der Waals surface area contributed by atoms with E-state index in [1.165, 1.54) is 12.1 Å². The minimum Gasteiger partial charge on any atom is -0.484 e. The molecule has 2 atom stereocenters. The normalized spacial score (nSPS) is 18.6. The Morgan fingerprint density at radius 2 is 1.97 bits per heavy atom. The fraction of sp³-hybridized carbons (Fsp3) is 0.300. The molecule has 1 fully saturated rings. The summed E-state index contributed by atoms with van der Waals surface area (Å²) in [6.45, 7) is -1.16. The zero-order valence-electron chi connectivity index (χ0n) is 17.2. The van der Waals surface area contributed by atoms with Gasteiger partial charge in [-0.05, 0) is 30.3 Å². The van der Waals surface area contributed by atoms with Crippen LogP contribution in [-0.4, -0.2) is 48.0 Å². The smallest absolute Gasteiger partial charge is 0.433 e. The number of rotatable bonds is 6. The first kappa shape index (κ1) is 25.6. The van der Waals surface area contributed by atoms with Gasteiger partial charge in [0.05, 0.1) is 34.9 Å². The number of nitro groups is 1. The number of hydrogen-bond acceptors (Lipinski definition) is 8. The number of benzene rings is 2. The predicted molar refractivity (Wildman–Crippen MR) is 106 cm³/mol. The van der Waals surface area contributed by atoms with Crippen molar-refractivity contribution < 1.29 is 45.9 Å². The van der Waals surface area contributed by atoms with Gasteiger partial charge in [0, 0.05) is 17.3 Å². The van der Waals surface area contributed by atoms with E-state index < -0.39 is 65.3 Å². The van der Waals surface area contributed by atoms with Crippen LogP contribution in [0.15, 0.2) is 41.6 Å². The van der Waals surface area contributed by atoms with E-state index in [0.29, 0.717) is 11.0 Å². The largest absolute Gasteiger partial charge is 0.484 e. The third kappa shape index (κ3) is 5.72. The first-order valence-electron chi connectivity index (χ1n) is 9.54. The van der Waals surface area contributed by atoms with Crippen LogP contribution in [0.4, 0.5) is 37.7 Å². The molecule has 35 heavy (non-hydrogen) atoms. The molecule has 0 radical (unpaired) electrons. The number of oxime groups is 1. The molecular formula is C20H14F6N4O5. The summed E-state index contributed by atoms with van der Waals surface area (Å²) in [6, 6.07) is 6.90. The average molecular weight is 504 g/mol. The van der Waals surface area contributed by atoms with E-state index in [4.69, 9.17) is 19.9 Å². The Balaban J connectivity index is 1.86. The second-order valence-electron chi connectivity index (χ2n) is 7.18. The molecule has 186 valence electrons. The zero-order chi connectivity index (χ0) is 26.0. The number of nitrogens with zero attached hydrogens (tertiary/aromatic N) is 4. The van der Waals surface area contributed by atoms with Gasteiger partial charge in [-0.1, -0.05) is 5.16 Å². The minimum atomic E-state index is -5.00. The molecule has 15 heteroatoms. The Hall–Kier alpha value is -4.06. The van der Waals surface area contributed by atoms with Gasteiger partial charge in [-0.3, -0.25) is 10.1 Å². The predicted octanol–water partition coefficient (Wildman–Crippen LogP) is 4.47. The Kier molecular flexibility index (Phi) is 7.06. The highest BCUT2D eigenvalue weighted by atomic mass is 19.4. The Morgan fingerprint density at radius 3 is 2.54 bits per heavy atom. The van der Waals surface area contributed by atoms with Crippen molar-refractivity contribution in [2.75, 3.05) is 18.1 Å². The Labute approximate surface area is 192 Å². The van der Waals surface area contributed by atoms with Crippen molar-refractivity contribution in [3.63, 3.8) is 0 Å². The van der Waals surface area contributed by atoms with E-state index in [-0.39, 0.29) is 11.3 Å². The van der Waals surface area contributed by atoms with Gasteiger partial charge >= 0.3 is 18.0 Å². The van der Waals surface area contributed by atoms with Crippen LogP contribution in [0.3, 0.4) is 0 Å². The first-order chi connectivity index (χ1) is 16.3. The van der Waals surface area contributed by atoms with E-state index in [1.807, 2.05) is 0 Å². The van der Waals surface area contributed by atoms with Crippen LogP contribution in [0.2, 0.25) is 0 Å². The zero-order valence-corrected chi connectivity index (χ0v) is 17.2. The van der Waals surface area contributed by atoms with Crippen molar-refractivity contribution >= 4 is 17.6 Å². The molecule has 1 aliphatic heterocycles. The summed E-state index contributed by atoms with van der Waals surface area (Å²) >= 11 is 0. The summed E-state index contributed by atoms with van der Waals surface area (Å²) in [4.78, 5) is 11.0. The number of halogens is 6. The summed E-state index contributed by atoms with van der Waals surface area (Å²) < 4.78 is 90.9. The lowest BCUT2D eigenvalue weighted by atomic mass is 10.1. The number of ether oxygens (including phenoxy) is 2. The number of nitro benzene ring substituents is 1. The fourth-order valence-corrected chi connectivity index (χ4v) is 3.37. The number of hydrogen-bond donors (Lipinski definition) is 1. The average Bonchev–Trinajstić information content (AvgIpc) is 3.22. The van der Waals surface area contributed by atoms with Crippen molar-refractivity contribution in [3.8, 4) is 11.8 Å². The molecule has 1 N–H and O–H groups in total. The van der Waals surface area contributed by atoms with Gasteiger partial charge in [-0.25, -0.2) is 0 Å². The van der Waals surface area contributed by atoms with Crippen LogP contribution in [0.1, 0.15) is 16.7 Å². The fourth-order valence-electron chi connectivity index (χ4n) is 3.37. The van der Waals surface area contributed by atoms with Crippen molar-refractivity contribution in [2.24, 2.45) is 5.16 Å². The molecule has 0 amide bonds. The van der Waals surface area contributed by atoms with Crippen LogP contribution in [0.25, 0.3) is 0 Å². The molecule has 1 heterocycles. The van der Waals surface area contributed by atoms with Crippen LogP contribution in [0, 0.1) is 21.4 Å². The molecule has 0 spiro atoms. The van der Waals surface area contributed by atoms with Crippen molar-refractivity contribution in [2.45, 2.75) is 24.7 Å². The maximum absolute atomic E-state index is 13.6. The van der Waals surface area contributed by atoms with Gasteiger partial charge in [0.1, 0.15) is 12.7 Å². The Morgan fingerprint density at radius 1 is 1.26 bits per heavy atom. The molecule has 1 saturated heterocycles. The number of anilines is 1. The summed E-state index contributed by atoms with van der Waals surface area (Å²) in [5, 5.41) is 31.5. The van der Waals surface area contributed by atoms with E-state index in [0.717, 1.165) is 30.5 Å². The van der Waals surface area contributed by atoms with E-state index in [1.54, 1.807) is 0 Å². The minimum absolute atomic E-state index is 0.147. The van der Waals surface area contributed by atoms with Crippen molar-refractivity contribution in [1.29, 1.82) is 5.26 Å². The topological polar surface area (TPSA) is 121 Å². The second-order valence-corrected chi connectivity index (χ2v) is 7.18. The van der Waals surface area contributed by atoms with Crippen LogP contribution < -0.4 is 9.64 Å². The van der Waals surface area contributed by atoms with Gasteiger partial charge < -0.3 is 19.6 Å². The molecule has 0 saturated carbocycles. The highest BCUT2D eigenvalue weighted by Crippen LogP contribution is 2.39. The van der Waals surface area contributed by atoms with E-state index in [9.17, 15) is 36.5 Å². The van der Waals surface area contributed by atoms with E-state index >= 15 is 0 Å². The molecule has 3 rings (SSSR count). The molecule has 2 unspecified atom stereocenters. The lowest BCUT2D eigenvalue weighted by Gasteiger charge is -2.27. The molecule has 2 aromatic carbocycles. The monoisotopic (exact) mass is 504 g/mol. The van der Waals surface area contributed by atoms with Crippen LogP contribution >= 0.6 is 0 Å². The molecular weight excluding hydrogens is 490 g/mol. The van der Waals surface area contributed by atoms with Crippen LogP contribution in [-0.2, 0) is 10.9 Å². The second kappa shape index (κ2) is 9.66. The van der Waals surface area contributed by atoms with Crippen LogP contribution in [0.5, 0.6) is 5.75 Å². The SMILES string of the molecule is N#Cc1ccc(N2CC(COc3ccc(C=NO)cc3[N+](=O)[O-])OC2C(F)(F)F)cc1C(F)(F)F. The van der Waals surface area contributed by atoms with Crippen molar-refractivity contribution in [1.82, 2.24) is 0 Å². The number of nitriles is 1. The molecule has 2 aromatic rings. The summed E-state index contributed by atoms with van der Waals surface area (Å²) in [7, 11) is 0. The van der Waals surface area contributed by atoms with Crippen molar-refractivity contribution in [3.05, 3.63) is 63.2 Å². The van der Waals surface area contributed by atoms with Gasteiger partial charge in [-0.2, -0.15) is 31.6 Å². The summed E-state index contributed by atoms with van der Waals surface area (Å²) in [5.74, 6) is -0.312. The van der Waals surface area contributed by atoms with Gasteiger partial charge in [0.15, 0.2) is 5.75 Å². The standard InChI is InChI=1S/C20H14F6N4O5/c21-19(22,23)15-6-13(3-2-12(15)7-27)29-9-14(35-18(29)20(24,25)26)10-34-17-4-1-11(8-28-31)5-16(17)30(32)33/h1-6,8,14,18,31H,9-10H2.